The van der Waals surface area contributed by atoms with Crippen LogP contribution in [0.15, 0.2) is 53.4 Å². The topological polar surface area (TPSA) is 45.2 Å². The van der Waals surface area contributed by atoms with Gasteiger partial charge in [0.25, 0.3) is 5.91 Å². The molecule has 0 radical (unpaired) electrons. The number of thiazole rings is 1. The van der Waals surface area contributed by atoms with Gasteiger partial charge in [-0.05, 0) is 42.1 Å². The molecule has 2 aromatic carbocycles. The zero-order chi connectivity index (χ0) is 17.4. The Morgan fingerprint density at radius 1 is 1.16 bits per heavy atom. The van der Waals surface area contributed by atoms with E-state index >= 15 is 0 Å². The number of hydrogen-bond acceptors (Lipinski definition) is 6. The van der Waals surface area contributed by atoms with E-state index in [0.717, 1.165) is 15.8 Å². The highest BCUT2D eigenvalue weighted by atomic mass is 35.5. The van der Waals surface area contributed by atoms with E-state index in [0.29, 0.717) is 19.4 Å². The predicted molar refractivity (Wildman–Crippen MR) is 110 cm³/mol. The SMILES string of the molecule is O=C1C(=Cc2ccccc2Cl)SC(=S)N1Nc1nc2ccccc2s1. The van der Waals surface area contributed by atoms with Crippen LogP contribution in [0.2, 0.25) is 5.02 Å². The Bertz CT molecular complexity index is 998. The van der Waals surface area contributed by atoms with Gasteiger partial charge in [0.15, 0.2) is 4.32 Å². The first-order chi connectivity index (χ1) is 12.1. The van der Waals surface area contributed by atoms with Crippen LogP contribution in [0.5, 0.6) is 0 Å². The number of halogens is 1. The number of hydrogen-bond donors (Lipinski definition) is 1. The first kappa shape index (κ1) is 16.5. The van der Waals surface area contributed by atoms with Crippen molar-refractivity contribution >= 4 is 78.6 Å². The summed E-state index contributed by atoms with van der Waals surface area (Å²) >= 11 is 14.2. The molecule has 0 bridgehead atoms. The highest BCUT2D eigenvalue weighted by Crippen LogP contribution is 2.35. The van der Waals surface area contributed by atoms with E-state index in [-0.39, 0.29) is 5.91 Å². The lowest BCUT2D eigenvalue weighted by Crippen LogP contribution is -2.33. The summed E-state index contributed by atoms with van der Waals surface area (Å²) in [6.07, 6.45) is 1.75. The fourth-order valence-corrected chi connectivity index (χ4v) is 4.53. The average Bonchev–Trinajstić information content (AvgIpc) is 3.13. The van der Waals surface area contributed by atoms with E-state index in [2.05, 4.69) is 10.4 Å². The normalized spacial score (nSPS) is 16.2. The first-order valence-corrected chi connectivity index (χ1v) is 9.68. The molecule has 8 heteroatoms. The molecular weight excluding hydrogens is 394 g/mol. The summed E-state index contributed by atoms with van der Waals surface area (Å²) < 4.78 is 1.48. The number of carbonyl (C=O) groups excluding carboxylic acids is 1. The highest BCUT2D eigenvalue weighted by molar-refractivity contribution is 8.26. The Kier molecular flexibility index (Phi) is 4.47. The van der Waals surface area contributed by atoms with E-state index < -0.39 is 0 Å². The third kappa shape index (κ3) is 3.28. The van der Waals surface area contributed by atoms with Gasteiger partial charge in [-0.25, -0.2) is 4.98 Å². The zero-order valence-corrected chi connectivity index (χ0v) is 15.8. The molecule has 1 aromatic heterocycles. The molecule has 0 saturated carbocycles. The van der Waals surface area contributed by atoms with Crippen molar-refractivity contribution in [3.63, 3.8) is 0 Å². The van der Waals surface area contributed by atoms with Gasteiger partial charge in [0, 0.05) is 5.02 Å². The second-order valence-electron chi connectivity index (χ2n) is 5.14. The molecule has 0 atom stereocenters. The van der Waals surface area contributed by atoms with Gasteiger partial charge in [0.2, 0.25) is 5.13 Å². The summed E-state index contributed by atoms with van der Waals surface area (Å²) in [7, 11) is 0. The molecule has 4 nitrogen and oxygen atoms in total. The first-order valence-electron chi connectivity index (χ1n) is 7.26. The van der Waals surface area contributed by atoms with Gasteiger partial charge in [-0.3, -0.25) is 10.2 Å². The fraction of sp³-hybridized carbons (Fsp3) is 0. The van der Waals surface area contributed by atoms with E-state index in [9.17, 15) is 4.79 Å². The number of anilines is 1. The Morgan fingerprint density at radius 2 is 1.92 bits per heavy atom. The number of thioether (sulfide) groups is 1. The van der Waals surface area contributed by atoms with E-state index in [4.69, 9.17) is 23.8 Å². The van der Waals surface area contributed by atoms with Crippen molar-refractivity contribution in [3.8, 4) is 0 Å². The minimum Gasteiger partial charge on any atom is -0.266 e. The van der Waals surface area contributed by atoms with E-state index in [1.54, 1.807) is 12.1 Å². The van der Waals surface area contributed by atoms with Crippen LogP contribution in [0.1, 0.15) is 5.56 Å². The van der Waals surface area contributed by atoms with Crippen molar-refractivity contribution in [3.05, 3.63) is 64.0 Å². The van der Waals surface area contributed by atoms with Crippen molar-refractivity contribution in [1.29, 1.82) is 0 Å². The molecule has 2 heterocycles. The second kappa shape index (κ2) is 6.76. The molecule has 1 aliphatic rings. The maximum Gasteiger partial charge on any atom is 0.285 e. The third-order valence-corrected chi connectivity index (χ3v) is 6.07. The van der Waals surface area contributed by atoms with Crippen LogP contribution in [-0.2, 0) is 4.79 Å². The van der Waals surface area contributed by atoms with E-state index in [1.165, 1.54) is 28.1 Å². The summed E-state index contributed by atoms with van der Waals surface area (Å²) in [5.41, 5.74) is 4.68. The Hall–Kier alpha value is -1.93. The Morgan fingerprint density at radius 3 is 2.72 bits per heavy atom. The number of amides is 1. The largest absolute Gasteiger partial charge is 0.285 e. The number of nitrogens with one attached hydrogen (secondary N) is 1. The quantitative estimate of drug-likeness (QED) is 0.482. The molecule has 1 aliphatic heterocycles. The summed E-state index contributed by atoms with van der Waals surface area (Å²) in [4.78, 5) is 17.7. The van der Waals surface area contributed by atoms with Crippen LogP contribution in [0.4, 0.5) is 5.13 Å². The maximum absolute atomic E-state index is 12.7. The monoisotopic (exact) mass is 403 g/mol. The van der Waals surface area contributed by atoms with Crippen molar-refractivity contribution in [2.24, 2.45) is 0 Å². The summed E-state index contributed by atoms with van der Waals surface area (Å²) in [6, 6.07) is 15.2. The van der Waals surface area contributed by atoms with Gasteiger partial charge < -0.3 is 0 Å². The van der Waals surface area contributed by atoms with Crippen LogP contribution < -0.4 is 5.43 Å². The average molecular weight is 404 g/mol. The molecule has 0 unspecified atom stereocenters. The lowest BCUT2D eigenvalue weighted by molar-refractivity contribution is -0.121. The molecule has 124 valence electrons. The molecule has 1 fully saturated rings. The molecule has 1 amide bonds. The molecule has 3 aromatic rings. The van der Waals surface area contributed by atoms with Gasteiger partial charge in [0.05, 0.1) is 15.1 Å². The summed E-state index contributed by atoms with van der Waals surface area (Å²) in [5, 5.41) is 2.56. The number of carbonyl (C=O) groups is 1. The van der Waals surface area contributed by atoms with Crippen molar-refractivity contribution in [2.45, 2.75) is 0 Å². The smallest absolute Gasteiger partial charge is 0.266 e. The Balaban J connectivity index is 1.60. The third-order valence-electron chi connectivity index (χ3n) is 3.49. The lowest BCUT2D eigenvalue weighted by atomic mass is 10.2. The number of rotatable bonds is 3. The van der Waals surface area contributed by atoms with Crippen LogP contribution in [0, 0.1) is 0 Å². The predicted octanol–water partition coefficient (Wildman–Crippen LogP) is 5.18. The maximum atomic E-state index is 12.7. The van der Waals surface area contributed by atoms with Crippen molar-refractivity contribution in [1.82, 2.24) is 9.99 Å². The minimum absolute atomic E-state index is 0.214. The number of aromatic nitrogens is 1. The molecular formula is C17H10ClN3OS3. The summed E-state index contributed by atoms with van der Waals surface area (Å²) in [6.45, 7) is 0. The van der Waals surface area contributed by atoms with Crippen molar-refractivity contribution in [2.75, 3.05) is 5.43 Å². The van der Waals surface area contributed by atoms with Gasteiger partial charge in [-0.15, -0.1) is 0 Å². The molecule has 1 N–H and O–H groups in total. The zero-order valence-electron chi connectivity index (χ0n) is 12.6. The number of para-hydroxylation sites is 1. The number of hydrazine groups is 1. The van der Waals surface area contributed by atoms with E-state index in [1.807, 2.05) is 42.5 Å². The Labute approximate surface area is 162 Å². The van der Waals surface area contributed by atoms with Gasteiger partial charge in [-0.2, -0.15) is 5.01 Å². The number of nitrogens with zero attached hydrogens (tertiary/aromatic N) is 2. The number of benzene rings is 2. The van der Waals surface area contributed by atoms with Gasteiger partial charge >= 0.3 is 0 Å². The minimum atomic E-state index is -0.214. The molecule has 0 spiro atoms. The fourth-order valence-electron chi connectivity index (χ4n) is 2.31. The summed E-state index contributed by atoms with van der Waals surface area (Å²) in [5.74, 6) is -0.214. The number of thiocarbonyl (C=S) groups is 1. The standard InChI is InChI=1S/C17H10ClN3OS3/c18-11-6-2-1-5-10(11)9-14-15(22)21(17(23)25-14)20-16-19-12-7-3-4-8-13(12)24-16/h1-9H,(H,19,20). The van der Waals surface area contributed by atoms with Crippen LogP contribution in [0.25, 0.3) is 16.3 Å². The molecule has 4 rings (SSSR count). The van der Waals surface area contributed by atoms with Crippen LogP contribution in [0.3, 0.4) is 0 Å². The lowest BCUT2D eigenvalue weighted by Gasteiger charge is -2.14. The second-order valence-corrected chi connectivity index (χ2v) is 8.25. The van der Waals surface area contributed by atoms with Crippen LogP contribution >= 0.6 is 46.9 Å². The number of fused-ring (bicyclic) bond motifs is 1. The molecule has 0 aliphatic carbocycles. The van der Waals surface area contributed by atoms with Gasteiger partial charge in [-0.1, -0.05) is 65.0 Å². The molecule has 1 saturated heterocycles. The van der Waals surface area contributed by atoms with Gasteiger partial charge in [0.1, 0.15) is 0 Å². The molecule has 25 heavy (non-hydrogen) atoms. The van der Waals surface area contributed by atoms with Crippen LogP contribution in [-0.4, -0.2) is 20.2 Å². The highest BCUT2D eigenvalue weighted by Gasteiger charge is 2.33. The van der Waals surface area contributed by atoms with Crippen molar-refractivity contribution < 1.29 is 4.79 Å².